The third-order valence-electron chi connectivity index (χ3n) is 8.32. The first-order valence-electron chi connectivity index (χ1n) is 18.0. The molecule has 4 aliphatic rings. The molecule has 2 radical (unpaired) electrons. The van der Waals surface area contributed by atoms with Gasteiger partial charge in [0.25, 0.3) is 0 Å². The van der Waals surface area contributed by atoms with Gasteiger partial charge in [-0.15, -0.1) is 25.8 Å². The number of rotatable bonds is 9. The molecule has 0 spiro atoms. The number of alkyl halides is 6. The number of nitrogens with one attached hydrogen (secondary N) is 2. The molecule has 7 unspecified atom stereocenters. The molecule has 4 heterocycles. The van der Waals surface area contributed by atoms with Gasteiger partial charge in [-0.05, 0) is 34.2 Å². The summed E-state index contributed by atoms with van der Waals surface area (Å²) in [6, 6.07) is 0. The van der Waals surface area contributed by atoms with E-state index in [2.05, 4.69) is 31.9 Å². The monoisotopic (exact) mass is 918 g/mol. The molecule has 22 heteroatoms. The van der Waals surface area contributed by atoms with E-state index in [-0.39, 0.29) is 34.1 Å². The molecule has 3 saturated heterocycles. The van der Waals surface area contributed by atoms with E-state index in [0.29, 0.717) is 18.5 Å². The maximum Gasteiger partial charge on any atom is 2.00 e. The summed E-state index contributed by atoms with van der Waals surface area (Å²) in [6.07, 6.45) is 5.31. The van der Waals surface area contributed by atoms with Gasteiger partial charge >= 0.3 is 58.4 Å². The predicted octanol–water partition coefficient (Wildman–Crippen LogP) is 5.59. The van der Waals surface area contributed by atoms with Crippen molar-refractivity contribution in [2.75, 3.05) is 26.2 Å². The number of aliphatic hydroxyl groups is 4. The van der Waals surface area contributed by atoms with Crippen LogP contribution >= 0.6 is 0 Å². The normalized spacial score (nSPS) is 23.8. The number of allylic oxidation sites excluding steroid dienone is 2. The predicted molar refractivity (Wildman–Crippen MR) is 190 cm³/mol. The summed E-state index contributed by atoms with van der Waals surface area (Å²) in [5.74, 6) is -5.57. The number of halogens is 6. The molecule has 56 heavy (non-hydrogen) atoms. The summed E-state index contributed by atoms with van der Waals surface area (Å²) in [6.45, 7) is 10.1. The van der Waals surface area contributed by atoms with Crippen molar-refractivity contribution in [3.8, 4) is 0 Å². The van der Waals surface area contributed by atoms with Crippen molar-refractivity contribution in [1.29, 1.82) is 0 Å². The zero-order chi connectivity index (χ0) is 41.5. The number of carboxylic acid groups (broad SMARTS) is 2. The molecule has 8 N–H and O–H groups in total. The van der Waals surface area contributed by atoms with E-state index in [9.17, 15) is 46.8 Å². The molecule has 14 nitrogen and oxygen atoms in total. The molecule has 0 aromatic rings. The Morgan fingerprint density at radius 1 is 0.643 bits per heavy atom. The van der Waals surface area contributed by atoms with Gasteiger partial charge in [0.15, 0.2) is 0 Å². The first kappa shape index (κ1) is 58.6. The molecule has 0 aromatic carbocycles. The molecular weight excluding hydrogens is 861 g/mol. The molecular formula is C34H58Cu2F6N6O8. The van der Waals surface area contributed by atoms with Crippen LogP contribution < -0.4 is 10.6 Å². The number of aliphatic carboxylic acids is 2. The maximum atomic E-state index is 10.6. The molecule has 0 aromatic heterocycles. The Hall–Kier alpha value is -1.68. The minimum atomic E-state index is -5.08. The van der Waals surface area contributed by atoms with Crippen molar-refractivity contribution < 1.29 is 101 Å². The van der Waals surface area contributed by atoms with Gasteiger partial charge in [0.2, 0.25) is 0 Å². The van der Waals surface area contributed by atoms with Crippen LogP contribution in [-0.4, -0.2) is 124 Å². The van der Waals surface area contributed by atoms with Crippen molar-refractivity contribution in [2.45, 2.75) is 141 Å². The van der Waals surface area contributed by atoms with Crippen molar-refractivity contribution in [2.24, 2.45) is 11.8 Å². The van der Waals surface area contributed by atoms with E-state index in [1.54, 1.807) is 27.7 Å². The summed E-state index contributed by atoms with van der Waals surface area (Å²) >= 11 is 0. The van der Waals surface area contributed by atoms with Gasteiger partial charge < -0.3 is 62.5 Å². The zero-order valence-electron chi connectivity index (χ0n) is 31.8. The summed E-state index contributed by atoms with van der Waals surface area (Å²) in [4.78, 5) is 17.8. The number of carbonyl (C=O) groups is 2. The van der Waals surface area contributed by atoms with Gasteiger partial charge in [0, 0.05) is 11.8 Å². The van der Waals surface area contributed by atoms with E-state index in [1.165, 1.54) is 51.4 Å². The van der Waals surface area contributed by atoms with E-state index in [0.717, 1.165) is 38.4 Å². The quantitative estimate of drug-likeness (QED) is 0.105. The van der Waals surface area contributed by atoms with Crippen LogP contribution in [0.25, 0.3) is 21.3 Å². The molecule has 4 rings (SSSR count). The third-order valence-corrected chi connectivity index (χ3v) is 8.32. The average Bonchev–Trinajstić information content (AvgIpc) is 3.08. The van der Waals surface area contributed by atoms with Crippen molar-refractivity contribution in [1.82, 2.24) is 10.6 Å². The molecule has 336 valence electrons. The fraction of sp³-hybridized carbons (Fsp3) is 0.824. The Kier molecular flexibility index (Phi) is 32.7. The van der Waals surface area contributed by atoms with Crippen LogP contribution in [0.5, 0.6) is 0 Å². The number of hydrogen-bond donors (Lipinski definition) is 8. The minimum absolute atomic E-state index is 0. The number of carboxylic acids is 2. The smallest absolute Gasteiger partial charge is 0.660 e. The van der Waals surface area contributed by atoms with Crippen LogP contribution in [0.3, 0.4) is 0 Å². The van der Waals surface area contributed by atoms with Crippen LogP contribution in [0, 0.1) is 11.8 Å². The van der Waals surface area contributed by atoms with E-state index < -0.39 is 60.5 Å². The number of piperidine rings is 3. The van der Waals surface area contributed by atoms with Gasteiger partial charge in [-0.2, -0.15) is 26.3 Å². The third kappa shape index (κ3) is 27.9. The van der Waals surface area contributed by atoms with Gasteiger partial charge in [0.1, 0.15) is 0 Å². The number of hydrogen-bond acceptors (Lipinski definition) is 8. The average molecular weight is 920 g/mol. The SMILES string of the molecule is C1=CC[N-]C(NC2CCCC[N-]2)=C1.C1CCC(NC2CCCC[N-]2)[N-]C1.CC(O)C(C(C)O)C(C(C)O)C(C)O.O=C(O)C(F)(F)F.O=C(O)C(F)(F)F.[Cu+2].[Cu+2]. The number of nitrogens with zero attached hydrogens (tertiary/aromatic N) is 4. The number of aliphatic hydroxyl groups excluding tert-OH is 4. The van der Waals surface area contributed by atoms with E-state index in [4.69, 9.17) is 19.8 Å². The van der Waals surface area contributed by atoms with Crippen molar-refractivity contribution >= 4 is 11.9 Å². The Morgan fingerprint density at radius 3 is 1.20 bits per heavy atom. The van der Waals surface area contributed by atoms with Crippen LogP contribution in [0.15, 0.2) is 24.0 Å². The fourth-order valence-electron chi connectivity index (χ4n) is 5.76. The van der Waals surface area contributed by atoms with Gasteiger partial charge in [-0.3, -0.25) is 0 Å². The molecule has 0 saturated carbocycles. The second kappa shape index (κ2) is 31.3. The first-order chi connectivity index (χ1) is 25.1. The van der Waals surface area contributed by atoms with Crippen LogP contribution in [0.1, 0.15) is 85.5 Å². The van der Waals surface area contributed by atoms with Crippen LogP contribution in [0.4, 0.5) is 26.3 Å². The van der Waals surface area contributed by atoms with Gasteiger partial charge in [-0.25, -0.2) is 9.59 Å². The molecule has 3 fully saturated rings. The summed E-state index contributed by atoms with van der Waals surface area (Å²) in [5, 5.41) is 76.9. The minimum Gasteiger partial charge on any atom is -0.660 e. The van der Waals surface area contributed by atoms with Crippen LogP contribution in [-0.2, 0) is 43.7 Å². The topological polar surface area (TPSA) is 236 Å². The molecule has 4 aliphatic heterocycles. The van der Waals surface area contributed by atoms with Gasteiger partial charge in [-0.1, -0.05) is 94.2 Å². The summed E-state index contributed by atoms with van der Waals surface area (Å²) in [7, 11) is 0. The fourth-order valence-corrected chi connectivity index (χ4v) is 5.76. The van der Waals surface area contributed by atoms with Gasteiger partial charge in [0.05, 0.1) is 24.4 Å². The van der Waals surface area contributed by atoms with Crippen molar-refractivity contribution in [3.05, 3.63) is 45.3 Å². The molecule has 0 bridgehead atoms. The second-order valence-corrected chi connectivity index (χ2v) is 13.1. The Balaban J connectivity index is -0.000000639. The van der Waals surface area contributed by atoms with E-state index >= 15 is 0 Å². The Labute approximate surface area is 346 Å². The molecule has 0 amide bonds. The first-order valence-corrected chi connectivity index (χ1v) is 18.0. The maximum absolute atomic E-state index is 10.6. The van der Waals surface area contributed by atoms with Crippen molar-refractivity contribution in [3.63, 3.8) is 0 Å². The summed E-state index contributed by atoms with van der Waals surface area (Å²) < 4.78 is 63.5. The molecule has 0 aliphatic carbocycles. The van der Waals surface area contributed by atoms with E-state index in [1.807, 2.05) is 18.2 Å². The summed E-state index contributed by atoms with van der Waals surface area (Å²) in [5.41, 5.74) is 0. The Morgan fingerprint density at radius 2 is 0.964 bits per heavy atom. The molecule has 7 atom stereocenters. The largest absolute Gasteiger partial charge is 2.00 e. The van der Waals surface area contributed by atoms with Crippen LogP contribution in [0.2, 0.25) is 0 Å². The Bertz CT molecular complexity index is 1020. The second-order valence-electron chi connectivity index (χ2n) is 13.1. The zero-order valence-corrected chi connectivity index (χ0v) is 33.7. The standard InChI is InChI=1S/C10H19N3.C10H15N3.C10H22O4.2C2HF3O2.2Cu/c2*1-3-7-11-9(5-1)13-10-6-2-4-8-12-10;1-5(11)9(6(2)12)10(7(3)13)8(4)14;2*3-2(4,5)1(6)7;;/h9-10,13H,1-8H2;1,3,5,10,13H,2,4,6-8H2;5-14H,1-4H3;2*(H,6,7);;/q2*-2;;;;2*+2.